The number of carboxylic acids is 1. The van der Waals surface area contributed by atoms with Gasteiger partial charge in [0.05, 0.1) is 43.4 Å². The second-order valence-electron chi connectivity index (χ2n) is 14.2. The van der Waals surface area contributed by atoms with E-state index in [1.807, 2.05) is 59.4 Å². The molecule has 2 fully saturated rings. The van der Waals surface area contributed by atoms with Gasteiger partial charge in [-0.05, 0) is 73.1 Å². The van der Waals surface area contributed by atoms with Crippen LogP contribution in [0.3, 0.4) is 0 Å². The maximum Gasteiger partial charge on any atom is 0.306 e. The van der Waals surface area contributed by atoms with Crippen molar-refractivity contribution in [2.24, 2.45) is 5.92 Å². The van der Waals surface area contributed by atoms with Crippen molar-refractivity contribution in [3.63, 3.8) is 0 Å². The number of nitrogens with one attached hydrogen (secondary N) is 3. The summed E-state index contributed by atoms with van der Waals surface area (Å²) in [7, 11) is 3.33. The molecule has 0 radical (unpaired) electrons. The molecule has 10 nitrogen and oxygen atoms in total. The number of hydrogen-bond acceptors (Lipinski definition) is 7. The Bertz CT molecular complexity index is 2160. The van der Waals surface area contributed by atoms with Crippen molar-refractivity contribution in [3.8, 4) is 33.8 Å². The van der Waals surface area contributed by atoms with Crippen molar-refractivity contribution in [2.45, 2.75) is 70.2 Å². The van der Waals surface area contributed by atoms with Gasteiger partial charge in [-0.25, -0.2) is 0 Å². The molecule has 54 heavy (non-hydrogen) atoms. The number of aliphatic carboxylic acids is 1. The van der Waals surface area contributed by atoms with Crippen LogP contribution in [-0.4, -0.2) is 59.6 Å². The summed E-state index contributed by atoms with van der Waals surface area (Å²) in [6.45, 7) is 2.35. The second-order valence-corrected chi connectivity index (χ2v) is 15.0. The fourth-order valence-corrected chi connectivity index (χ4v) is 8.33. The highest BCUT2D eigenvalue weighted by atomic mass is 35.5. The van der Waals surface area contributed by atoms with Crippen LogP contribution in [0.1, 0.15) is 55.2 Å². The van der Waals surface area contributed by atoms with Gasteiger partial charge in [0.1, 0.15) is 11.5 Å². The Balaban J connectivity index is 1.08. The molecule has 2 aliphatic rings. The topological polar surface area (TPSA) is 127 Å². The van der Waals surface area contributed by atoms with Gasteiger partial charge < -0.3 is 30.5 Å². The molecule has 0 unspecified atom stereocenters. The Hall–Kier alpha value is -4.61. The molecule has 2 heterocycles. The van der Waals surface area contributed by atoms with Crippen LogP contribution in [0.15, 0.2) is 72.9 Å². The quantitative estimate of drug-likeness (QED) is 0.0901. The lowest BCUT2D eigenvalue weighted by Gasteiger charge is -2.27. The molecule has 1 amide bonds. The van der Waals surface area contributed by atoms with Crippen LogP contribution in [0, 0.1) is 5.92 Å². The number of carbonyl (C=O) groups excluding carboxylic acids is 1. The van der Waals surface area contributed by atoms with Crippen LogP contribution in [-0.2, 0) is 29.2 Å². The van der Waals surface area contributed by atoms with E-state index in [9.17, 15) is 14.7 Å². The average molecular weight is 771 g/mol. The zero-order valence-electron chi connectivity index (χ0n) is 30.5. The van der Waals surface area contributed by atoms with E-state index in [0.717, 1.165) is 80.6 Å². The van der Waals surface area contributed by atoms with Crippen molar-refractivity contribution < 1.29 is 24.2 Å². The van der Waals surface area contributed by atoms with Gasteiger partial charge in [0.25, 0.3) is 0 Å². The van der Waals surface area contributed by atoms with Crippen molar-refractivity contribution >= 4 is 46.0 Å². The summed E-state index contributed by atoms with van der Waals surface area (Å²) in [5.41, 5.74) is 7.52. The summed E-state index contributed by atoms with van der Waals surface area (Å²) in [5, 5.41) is 26.4. The normalized spacial score (nSPS) is 18.5. The molecule has 0 spiro atoms. The second kappa shape index (κ2) is 16.8. The fraction of sp³-hybridized carbons (Fsp3) is 0.357. The van der Waals surface area contributed by atoms with Crippen LogP contribution in [0.2, 0.25) is 10.0 Å². The first-order valence-electron chi connectivity index (χ1n) is 18.4. The summed E-state index contributed by atoms with van der Waals surface area (Å²) >= 11 is 14.1. The van der Waals surface area contributed by atoms with E-state index in [4.69, 9.17) is 37.8 Å². The van der Waals surface area contributed by atoms with Crippen molar-refractivity contribution in [2.75, 3.05) is 20.8 Å². The summed E-state index contributed by atoms with van der Waals surface area (Å²) < 4.78 is 13.5. The monoisotopic (exact) mass is 769 g/mol. The van der Waals surface area contributed by atoms with Gasteiger partial charge >= 0.3 is 5.97 Å². The van der Waals surface area contributed by atoms with E-state index < -0.39 is 5.97 Å². The van der Waals surface area contributed by atoms with Crippen molar-refractivity contribution in [1.29, 1.82) is 0 Å². The Morgan fingerprint density at radius 1 is 0.889 bits per heavy atom. The van der Waals surface area contributed by atoms with Crippen LogP contribution in [0.4, 0.5) is 0 Å². The predicted octanol–water partition coefficient (Wildman–Crippen LogP) is 7.84. The lowest BCUT2D eigenvalue weighted by atomic mass is 9.86. The number of nitrogens with zero attached hydrogens (tertiary/aromatic N) is 2. The van der Waals surface area contributed by atoms with E-state index in [1.165, 1.54) is 0 Å². The minimum atomic E-state index is -0.700. The standard InChI is InChI=1S/C42H45Cl2N5O5/c1-53-38-18-26(9-10-27(38)20-45-22-31-15-16-40(50)48-31)32-5-3-7-34(41(32)44)33-6-4-8-37-35(33)23-47-49(37)24-29-19-39(54-2)28(17-36(29)43)21-46-30-13-11-25(12-14-30)42(51)52/h3-10,17-19,23,25,30-31,45-46H,11-16,20-22,24H2,1-2H3,(H,48,50)(H,51,52)/t25?,30?,31-/m0/s1. The van der Waals surface area contributed by atoms with E-state index >= 15 is 0 Å². The Morgan fingerprint density at radius 2 is 1.63 bits per heavy atom. The number of aromatic nitrogens is 2. The summed E-state index contributed by atoms with van der Waals surface area (Å²) in [6, 6.07) is 22.7. The molecule has 1 aromatic heterocycles. The van der Waals surface area contributed by atoms with Gasteiger partial charge in [0.15, 0.2) is 0 Å². The van der Waals surface area contributed by atoms with Crippen molar-refractivity contribution in [1.82, 2.24) is 25.7 Å². The van der Waals surface area contributed by atoms with E-state index in [2.05, 4.69) is 34.1 Å². The summed E-state index contributed by atoms with van der Waals surface area (Å²) in [5.74, 6) is 0.668. The number of amides is 1. The van der Waals surface area contributed by atoms with Gasteiger partial charge in [-0.2, -0.15) is 5.10 Å². The van der Waals surface area contributed by atoms with Gasteiger partial charge in [-0.1, -0.05) is 65.7 Å². The molecule has 1 aliphatic carbocycles. The molecule has 1 saturated heterocycles. The number of carboxylic acid groups (broad SMARTS) is 1. The minimum absolute atomic E-state index is 0.112. The Morgan fingerprint density at radius 3 is 2.37 bits per heavy atom. The number of ether oxygens (including phenoxy) is 2. The fourth-order valence-electron chi connectivity index (χ4n) is 7.74. The first kappa shape index (κ1) is 37.7. The molecule has 1 aliphatic heterocycles. The van der Waals surface area contributed by atoms with E-state index in [-0.39, 0.29) is 23.9 Å². The summed E-state index contributed by atoms with van der Waals surface area (Å²) in [6.07, 6.45) is 6.35. The molecule has 1 saturated carbocycles. The van der Waals surface area contributed by atoms with Crippen LogP contribution >= 0.6 is 23.2 Å². The third-order valence-electron chi connectivity index (χ3n) is 10.8. The van der Waals surface area contributed by atoms with Crippen molar-refractivity contribution in [3.05, 3.63) is 99.7 Å². The molecule has 0 bridgehead atoms. The highest BCUT2D eigenvalue weighted by Gasteiger charge is 2.26. The first-order valence-corrected chi connectivity index (χ1v) is 19.2. The smallest absolute Gasteiger partial charge is 0.306 e. The molecule has 7 rings (SSSR count). The maximum absolute atomic E-state index is 11.6. The zero-order chi connectivity index (χ0) is 37.8. The Labute approximate surface area is 325 Å². The molecule has 282 valence electrons. The number of fused-ring (bicyclic) bond motifs is 1. The molecule has 12 heteroatoms. The minimum Gasteiger partial charge on any atom is -0.496 e. The molecule has 4 aromatic carbocycles. The van der Waals surface area contributed by atoms with Crippen LogP contribution in [0.5, 0.6) is 11.5 Å². The first-order chi connectivity index (χ1) is 26.2. The molecular formula is C42H45Cl2N5O5. The van der Waals surface area contributed by atoms with Gasteiger partial charge in [0, 0.05) is 70.8 Å². The lowest BCUT2D eigenvalue weighted by Crippen LogP contribution is -2.35. The highest BCUT2D eigenvalue weighted by molar-refractivity contribution is 6.36. The average Bonchev–Trinajstić information content (AvgIpc) is 3.80. The SMILES string of the molecule is COc1cc(-c2cccc(-c3cccc4c3cnn4Cc3cc(OC)c(CNC4CCC(C(=O)O)CC4)cc3Cl)c2Cl)ccc1CNC[C@@H]1CCC(=O)N1. The number of rotatable bonds is 14. The number of carbonyl (C=O) groups is 2. The molecule has 5 aromatic rings. The number of hydrogen-bond donors (Lipinski definition) is 4. The van der Waals surface area contributed by atoms with Gasteiger partial charge in [-0.15, -0.1) is 0 Å². The molecular weight excluding hydrogens is 725 g/mol. The Kier molecular flexibility index (Phi) is 11.7. The third kappa shape index (κ3) is 8.22. The third-order valence-corrected chi connectivity index (χ3v) is 11.6. The van der Waals surface area contributed by atoms with Gasteiger partial charge in [-0.3, -0.25) is 14.3 Å². The van der Waals surface area contributed by atoms with E-state index in [1.54, 1.807) is 14.2 Å². The van der Waals surface area contributed by atoms with Gasteiger partial charge in [0.2, 0.25) is 5.91 Å². The zero-order valence-corrected chi connectivity index (χ0v) is 32.0. The number of methoxy groups -OCH3 is 2. The maximum atomic E-state index is 11.6. The number of benzene rings is 4. The lowest BCUT2D eigenvalue weighted by molar-refractivity contribution is -0.142. The highest BCUT2D eigenvalue weighted by Crippen LogP contribution is 2.41. The summed E-state index contributed by atoms with van der Waals surface area (Å²) in [4.78, 5) is 22.9. The molecule has 4 N–H and O–H groups in total. The van der Waals surface area contributed by atoms with E-state index in [0.29, 0.717) is 55.5 Å². The molecule has 1 atom stereocenters. The van der Waals surface area contributed by atoms with Crippen LogP contribution in [0.25, 0.3) is 33.2 Å². The largest absolute Gasteiger partial charge is 0.496 e. The predicted molar refractivity (Wildman–Crippen MR) is 212 cm³/mol. The number of halogens is 2. The van der Waals surface area contributed by atoms with Crippen LogP contribution < -0.4 is 25.4 Å².